The highest BCUT2D eigenvalue weighted by Crippen LogP contribution is 2.50. The van der Waals surface area contributed by atoms with Crippen LogP contribution in [0.25, 0.3) is 0 Å². The van der Waals surface area contributed by atoms with E-state index in [1.807, 2.05) is 6.92 Å². The third kappa shape index (κ3) is 2.41. The van der Waals surface area contributed by atoms with Gasteiger partial charge in [0, 0.05) is 0 Å². The monoisotopic (exact) mass is 206 g/mol. The molecule has 0 bridgehead atoms. The van der Waals surface area contributed by atoms with Crippen molar-refractivity contribution in [2.75, 3.05) is 0 Å². The summed E-state index contributed by atoms with van der Waals surface area (Å²) in [7, 11) is -2.23. The van der Waals surface area contributed by atoms with Gasteiger partial charge in [0.05, 0.1) is 5.60 Å². The molecule has 2 N–H and O–H groups in total. The molecule has 4 heteroatoms. The normalized spacial score (nSPS) is 33.7. The van der Waals surface area contributed by atoms with Crippen molar-refractivity contribution in [2.45, 2.75) is 52.1 Å². The molecule has 1 atom stereocenters. The first-order valence-corrected chi connectivity index (χ1v) is 5.91. The summed E-state index contributed by atoms with van der Waals surface area (Å²) < 4.78 is 5.27. The second kappa shape index (κ2) is 3.82. The van der Waals surface area contributed by atoms with Gasteiger partial charge in [-0.25, -0.2) is 0 Å². The Labute approximate surface area is 81.1 Å². The molecule has 0 aromatic carbocycles. The quantitative estimate of drug-likeness (QED) is 0.683. The highest BCUT2D eigenvalue weighted by atomic mass is 31.2. The van der Waals surface area contributed by atoms with Crippen LogP contribution in [-0.4, -0.2) is 15.4 Å². The van der Waals surface area contributed by atoms with E-state index >= 15 is 0 Å². The van der Waals surface area contributed by atoms with Crippen LogP contribution in [-0.2, 0) is 4.52 Å². The summed E-state index contributed by atoms with van der Waals surface area (Å²) in [5.41, 5.74) is -0.336. The Kier molecular flexibility index (Phi) is 3.34. The van der Waals surface area contributed by atoms with E-state index in [1.54, 1.807) is 0 Å². The first kappa shape index (κ1) is 11.4. The molecule has 13 heavy (non-hydrogen) atoms. The average molecular weight is 206 g/mol. The zero-order valence-electron chi connectivity index (χ0n) is 8.58. The van der Waals surface area contributed by atoms with Gasteiger partial charge < -0.3 is 14.3 Å². The summed E-state index contributed by atoms with van der Waals surface area (Å²) in [6, 6.07) is 0. The fourth-order valence-corrected chi connectivity index (χ4v) is 2.68. The minimum Gasteiger partial charge on any atom is -0.328 e. The first-order chi connectivity index (χ1) is 5.87. The van der Waals surface area contributed by atoms with Crippen molar-refractivity contribution in [3.63, 3.8) is 0 Å². The highest BCUT2D eigenvalue weighted by molar-refractivity contribution is 7.39. The molecule has 0 aromatic rings. The van der Waals surface area contributed by atoms with Crippen LogP contribution in [0.15, 0.2) is 0 Å². The first-order valence-electron chi connectivity index (χ1n) is 4.74. The van der Waals surface area contributed by atoms with Crippen LogP contribution in [0.3, 0.4) is 0 Å². The van der Waals surface area contributed by atoms with Crippen molar-refractivity contribution in [2.24, 2.45) is 5.41 Å². The van der Waals surface area contributed by atoms with E-state index in [4.69, 9.17) is 14.3 Å². The molecule has 1 saturated carbocycles. The van der Waals surface area contributed by atoms with Gasteiger partial charge in [0.1, 0.15) is 0 Å². The van der Waals surface area contributed by atoms with Crippen molar-refractivity contribution < 1.29 is 14.3 Å². The van der Waals surface area contributed by atoms with Crippen LogP contribution in [0.2, 0.25) is 0 Å². The number of rotatable bonds is 2. The SMILES string of the molecule is CC1(C)CCCCC1(C)OP(O)O. The fraction of sp³-hybridized carbons (Fsp3) is 1.00. The fourth-order valence-electron chi connectivity index (χ4n) is 1.98. The molecule has 78 valence electrons. The van der Waals surface area contributed by atoms with Crippen LogP contribution in [0.1, 0.15) is 46.5 Å². The maximum atomic E-state index is 8.90. The summed E-state index contributed by atoms with van der Waals surface area (Å²) in [6.07, 6.45) is 4.33. The molecule has 0 spiro atoms. The van der Waals surface area contributed by atoms with Crippen molar-refractivity contribution in [3.05, 3.63) is 0 Å². The molecule has 0 radical (unpaired) electrons. The summed E-state index contributed by atoms with van der Waals surface area (Å²) in [6.45, 7) is 6.24. The lowest BCUT2D eigenvalue weighted by molar-refractivity contribution is -0.0656. The largest absolute Gasteiger partial charge is 0.328 e. The van der Waals surface area contributed by atoms with Crippen LogP contribution in [0.4, 0.5) is 0 Å². The van der Waals surface area contributed by atoms with E-state index in [9.17, 15) is 0 Å². The molecule has 0 aromatic heterocycles. The molecule has 0 heterocycles. The molecule has 1 aliphatic rings. The Hall–Kier alpha value is 0.310. The van der Waals surface area contributed by atoms with Crippen molar-refractivity contribution in [1.82, 2.24) is 0 Å². The highest BCUT2D eigenvalue weighted by Gasteiger charge is 2.45. The average Bonchev–Trinajstić information content (AvgIpc) is 1.94. The lowest BCUT2D eigenvalue weighted by atomic mass is 9.66. The van der Waals surface area contributed by atoms with E-state index in [-0.39, 0.29) is 11.0 Å². The van der Waals surface area contributed by atoms with Gasteiger partial charge in [-0.2, -0.15) is 0 Å². The van der Waals surface area contributed by atoms with Crippen LogP contribution < -0.4 is 0 Å². The van der Waals surface area contributed by atoms with Gasteiger partial charge in [0.15, 0.2) is 0 Å². The number of hydrogen-bond acceptors (Lipinski definition) is 3. The Morgan fingerprint density at radius 1 is 1.08 bits per heavy atom. The third-order valence-corrected chi connectivity index (χ3v) is 3.99. The van der Waals surface area contributed by atoms with Gasteiger partial charge in [-0.15, -0.1) is 0 Å². The second-order valence-corrected chi connectivity index (χ2v) is 5.35. The smallest absolute Gasteiger partial charge is 0.327 e. The van der Waals surface area contributed by atoms with Gasteiger partial charge in [-0.05, 0) is 25.2 Å². The summed E-state index contributed by atoms with van der Waals surface area (Å²) in [4.78, 5) is 17.8. The standard InChI is InChI=1S/C9H19O3P/c1-8(2)6-4-5-7-9(8,3)12-13(10)11/h10-11H,4-7H2,1-3H3. The van der Waals surface area contributed by atoms with Gasteiger partial charge in [-0.3, -0.25) is 0 Å². The minimum atomic E-state index is -2.23. The maximum Gasteiger partial charge on any atom is 0.327 e. The summed E-state index contributed by atoms with van der Waals surface area (Å²) >= 11 is 0. The summed E-state index contributed by atoms with van der Waals surface area (Å²) in [5, 5.41) is 0. The molecule has 1 fully saturated rings. The van der Waals surface area contributed by atoms with E-state index in [0.717, 1.165) is 19.3 Å². The van der Waals surface area contributed by atoms with Gasteiger partial charge >= 0.3 is 8.60 Å². The van der Waals surface area contributed by atoms with Crippen molar-refractivity contribution >= 4 is 8.60 Å². The maximum absolute atomic E-state index is 8.90. The predicted molar refractivity (Wildman–Crippen MR) is 53.1 cm³/mol. The van der Waals surface area contributed by atoms with Crippen molar-refractivity contribution in [3.8, 4) is 0 Å². The van der Waals surface area contributed by atoms with Gasteiger partial charge in [-0.1, -0.05) is 26.7 Å². The van der Waals surface area contributed by atoms with Gasteiger partial charge in [0.2, 0.25) is 0 Å². The molecule has 1 aliphatic carbocycles. The van der Waals surface area contributed by atoms with E-state index in [2.05, 4.69) is 13.8 Å². The topological polar surface area (TPSA) is 49.7 Å². The second-order valence-electron chi connectivity index (χ2n) is 4.67. The van der Waals surface area contributed by atoms with E-state index in [0.29, 0.717) is 0 Å². The molecule has 1 unspecified atom stereocenters. The van der Waals surface area contributed by atoms with Crippen LogP contribution >= 0.6 is 8.60 Å². The van der Waals surface area contributed by atoms with E-state index < -0.39 is 8.60 Å². The molecule has 1 rings (SSSR count). The van der Waals surface area contributed by atoms with Crippen LogP contribution in [0.5, 0.6) is 0 Å². The Bertz CT molecular complexity index is 182. The molecule has 0 saturated heterocycles. The molecule has 3 nitrogen and oxygen atoms in total. The lowest BCUT2D eigenvalue weighted by Crippen LogP contribution is -2.45. The third-order valence-electron chi connectivity index (χ3n) is 3.42. The molecular formula is C9H19O3P. The number of hydrogen-bond donors (Lipinski definition) is 2. The van der Waals surface area contributed by atoms with E-state index in [1.165, 1.54) is 6.42 Å². The van der Waals surface area contributed by atoms with Crippen LogP contribution in [0, 0.1) is 5.41 Å². The summed E-state index contributed by atoms with van der Waals surface area (Å²) in [5.74, 6) is 0. The predicted octanol–water partition coefficient (Wildman–Crippen LogP) is 2.57. The Balaban J connectivity index is 2.72. The zero-order valence-corrected chi connectivity index (χ0v) is 9.47. The molecule has 0 aliphatic heterocycles. The van der Waals surface area contributed by atoms with Gasteiger partial charge in [0.25, 0.3) is 0 Å². The zero-order chi connectivity index (χ0) is 10.1. The Morgan fingerprint density at radius 3 is 2.08 bits per heavy atom. The minimum absolute atomic E-state index is 0.0390. The molecule has 0 amide bonds. The van der Waals surface area contributed by atoms with Crippen molar-refractivity contribution in [1.29, 1.82) is 0 Å². The Morgan fingerprint density at radius 2 is 1.62 bits per heavy atom. The molecular weight excluding hydrogens is 187 g/mol. The lowest BCUT2D eigenvalue weighted by Gasteiger charge is -2.47.